The summed E-state index contributed by atoms with van der Waals surface area (Å²) in [6, 6.07) is 13.9. The lowest BCUT2D eigenvalue weighted by atomic mass is 10.1. The van der Waals surface area contributed by atoms with Crippen molar-refractivity contribution < 1.29 is 31.2 Å². The van der Waals surface area contributed by atoms with Crippen LogP contribution in [0.5, 0.6) is 0 Å². The Hall–Kier alpha value is -3.28. The normalized spacial score (nSPS) is 12.9. The van der Waals surface area contributed by atoms with Gasteiger partial charge in [0, 0.05) is 17.1 Å². The van der Waals surface area contributed by atoms with E-state index in [1.54, 1.807) is 58.9 Å². The van der Waals surface area contributed by atoms with Gasteiger partial charge in [-0.3, -0.25) is 13.9 Å². The van der Waals surface area contributed by atoms with Gasteiger partial charge < -0.3 is 10.2 Å². The third-order valence-corrected chi connectivity index (χ3v) is 9.10. The average molecular weight is 673 g/mol. The van der Waals surface area contributed by atoms with Crippen LogP contribution in [0, 0.1) is 6.92 Å². The quantitative estimate of drug-likeness (QED) is 0.246. The molecule has 0 radical (unpaired) electrons. The Kier molecular flexibility index (Phi) is 11.0. The molecule has 1 N–H and O–H groups in total. The third-order valence-electron chi connectivity index (χ3n) is 6.61. The van der Waals surface area contributed by atoms with Crippen LogP contribution in [0.15, 0.2) is 71.6 Å². The number of halogens is 5. The van der Waals surface area contributed by atoms with Crippen molar-refractivity contribution in [3.05, 3.63) is 93.5 Å². The Balaban J connectivity index is 2.18. The standard InChI is InChI=1S/C31H34Cl2F3N3O4S/c1-6-27(29(41)37-30(3,4)5)38(18-21-9-7-8-10-25(21)32)28(40)19-39(44(42,43)23-14-11-20(2)12-15-23)22-13-16-26(33)24(17-22)31(34,35)36/h7-17,27H,6,18-19H2,1-5H3,(H,37,41)/t27-/m0/s1. The molecule has 0 unspecified atom stereocenters. The molecule has 0 fully saturated rings. The number of carbonyl (C=O) groups is 2. The van der Waals surface area contributed by atoms with Crippen LogP contribution in [-0.4, -0.2) is 43.3 Å². The van der Waals surface area contributed by atoms with Gasteiger partial charge in [0.25, 0.3) is 10.0 Å². The number of carbonyl (C=O) groups excluding carboxylic acids is 2. The molecule has 3 aromatic rings. The van der Waals surface area contributed by atoms with E-state index in [-0.39, 0.29) is 17.9 Å². The second-order valence-electron chi connectivity index (χ2n) is 11.3. The Labute approximate surface area is 266 Å². The van der Waals surface area contributed by atoms with Crippen LogP contribution in [-0.2, 0) is 32.3 Å². The van der Waals surface area contributed by atoms with Crippen LogP contribution < -0.4 is 9.62 Å². The number of hydrogen-bond acceptors (Lipinski definition) is 4. The Morgan fingerprint density at radius 2 is 1.55 bits per heavy atom. The van der Waals surface area contributed by atoms with Crippen molar-refractivity contribution >= 4 is 50.7 Å². The molecule has 0 aliphatic carbocycles. The Morgan fingerprint density at radius 1 is 0.932 bits per heavy atom. The van der Waals surface area contributed by atoms with Crippen molar-refractivity contribution in [2.75, 3.05) is 10.8 Å². The molecule has 2 amide bonds. The number of benzene rings is 3. The van der Waals surface area contributed by atoms with E-state index in [9.17, 15) is 31.2 Å². The van der Waals surface area contributed by atoms with Crippen LogP contribution in [0.25, 0.3) is 0 Å². The van der Waals surface area contributed by atoms with Crippen LogP contribution in [0.2, 0.25) is 10.0 Å². The molecular weight excluding hydrogens is 638 g/mol. The van der Waals surface area contributed by atoms with Gasteiger partial charge in [-0.2, -0.15) is 13.2 Å². The van der Waals surface area contributed by atoms with E-state index < -0.39 is 62.4 Å². The summed E-state index contributed by atoms with van der Waals surface area (Å²) in [6.45, 7) is 7.66. The summed E-state index contributed by atoms with van der Waals surface area (Å²) in [5, 5.41) is 2.52. The summed E-state index contributed by atoms with van der Waals surface area (Å²) in [4.78, 5) is 28.5. The molecule has 0 aliphatic heterocycles. The molecule has 44 heavy (non-hydrogen) atoms. The number of nitrogens with one attached hydrogen (secondary N) is 1. The van der Waals surface area contributed by atoms with Gasteiger partial charge in [0.05, 0.1) is 21.2 Å². The minimum absolute atomic E-state index is 0.155. The van der Waals surface area contributed by atoms with Gasteiger partial charge in [-0.1, -0.05) is 66.0 Å². The van der Waals surface area contributed by atoms with E-state index in [1.807, 2.05) is 0 Å². The van der Waals surface area contributed by atoms with Crippen molar-refractivity contribution in [2.45, 2.75) is 70.2 Å². The zero-order valence-corrected chi connectivity index (χ0v) is 27.2. The molecule has 0 saturated carbocycles. The highest BCUT2D eigenvalue weighted by atomic mass is 35.5. The lowest BCUT2D eigenvalue weighted by molar-refractivity contribution is -0.141. The van der Waals surface area contributed by atoms with Gasteiger partial charge in [-0.25, -0.2) is 8.42 Å². The monoisotopic (exact) mass is 671 g/mol. The summed E-state index contributed by atoms with van der Waals surface area (Å²) in [5.74, 6) is -1.32. The first kappa shape index (κ1) is 35.2. The van der Waals surface area contributed by atoms with Crippen LogP contribution in [0.1, 0.15) is 50.8 Å². The van der Waals surface area contributed by atoms with E-state index in [1.165, 1.54) is 29.2 Å². The van der Waals surface area contributed by atoms with Crippen molar-refractivity contribution in [2.24, 2.45) is 0 Å². The number of sulfonamides is 1. The van der Waals surface area contributed by atoms with Crippen molar-refractivity contribution in [1.82, 2.24) is 10.2 Å². The lowest BCUT2D eigenvalue weighted by Gasteiger charge is -2.35. The highest BCUT2D eigenvalue weighted by Gasteiger charge is 2.37. The maximum atomic E-state index is 14.1. The van der Waals surface area contributed by atoms with Crippen LogP contribution in [0.4, 0.5) is 18.9 Å². The van der Waals surface area contributed by atoms with Gasteiger partial charge >= 0.3 is 6.18 Å². The molecule has 13 heteroatoms. The molecule has 3 aromatic carbocycles. The second-order valence-corrected chi connectivity index (χ2v) is 13.9. The molecule has 1 atom stereocenters. The highest BCUT2D eigenvalue weighted by molar-refractivity contribution is 7.92. The number of hydrogen-bond donors (Lipinski definition) is 1. The predicted octanol–water partition coefficient (Wildman–Crippen LogP) is 7.24. The summed E-state index contributed by atoms with van der Waals surface area (Å²) < 4.78 is 70.0. The molecule has 0 heterocycles. The molecule has 0 bridgehead atoms. The molecule has 7 nitrogen and oxygen atoms in total. The first-order valence-electron chi connectivity index (χ1n) is 13.7. The first-order valence-corrected chi connectivity index (χ1v) is 15.9. The van der Waals surface area contributed by atoms with Crippen molar-refractivity contribution in [1.29, 1.82) is 0 Å². The predicted molar refractivity (Wildman–Crippen MR) is 166 cm³/mol. The van der Waals surface area contributed by atoms with E-state index >= 15 is 0 Å². The summed E-state index contributed by atoms with van der Waals surface area (Å²) >= 11 is 12.2. The third kappa shape index (κ3) is 8.67. The largest absolute Gasteiger partial charge is 0.417 e. The van der Waals surface area contributed by atoms with E-state index in [4.69, 9.17) is 23.2 Å². The zero-order valence-electron chi connectivity index (χ0n) is 24.9. The average Bonchev–Trinajstić information content (AvgIpc) is 2.91. The van der Waals surface area contributed by atoms with Gasteiger partial charge in [-0.15, -0.1) is 0 Å². The molecule has 0 saturated heterocycles. The minimum atomic E-state index is -4.90. The Morgan fingerprint density at radius 3 is 2.09 bits per heavy atom. The minimum Gasteiger partial charge on any atom is -0.350 e. The number of rotatable bonds is 10. The fourth-order valence-corrected chi connectivity index (χ4v) is 6.26. The summed E-state index contributed by atoms with van der Waals surface area (Å²) in [5.41, 5.74) is -1.11. The van der Waals surface area contributed by atoms with E-state index in [0.717, 1.165) is 17.7 Å². The summed E-state index contributed by atoms with van der Waals surface area (Å²) in [7, 11) is -4.59. The van der Waals surface area contributed by atoms with Gasteiger partial charge in [0.15, 0.2) is 0 Å². The number of nitrogens with zero attached hydrogens (tertiary/aromatic N) is 2. The topological polar surface area (TPSA) is 86.8 Å². The van der Waals surface area contributed by atoms with Gasteiger partial charge in [0.2, 0.25) is 11.8 Å². The second kappa shape index (κ2) is 13.8. The van der Waals surface area contributed by atoms with Crippen LogP contribution in [0.3, 0.4) is 0 Å². The molecule has 0 aliphatic rings. The molecule has 3 rings (SSSR count). The molecule has 238 valence electrons. The van der Waals surface area contributed by atoms with Crippen molar-refractivity contribution in [3.8, 4) is 0 Å². The highest BCUT2D eigenvalue weighted by Crippen LogP contribution is 2.38. The fraction of sp³-hybridized carbons (Fsp3) is 0.355. The maximum Gasteiger partial charge on any atom is 0.417 e. The fourth-order valence-electron chi connectivity index (χ4n) is 4.43. The number of alkyl halides is 3. The van der Waals surface area contributed by atoms with Gasteiger partial charge in [0.1, 0.15) is 12.6 Å². The summed E-state index contributed by atoms with van der Waals surface area (Å²) in [6.07, 6.45) is -4.74. The SMILES string of the molecule is CC[C@@H](C(=O)NC(C)(C)C)N(Cc1ccccc1Cl)C(=O)CN(c1ccc(Cl)c(C(F)(F)F)c1)S(=O)(=O)c1ccc(C)cc1. The first-order chi connectivity index (χ1) is 20.3. The Bertz CT molecular complexity index is 1610. The number of aryl methyl sites for hydroxylation is 1. The van der Waals surface area contributed by atoms with E-state index in [0.29, 0.717) is 21.0 Å². The lowest BCUT2D eigenvalue weighted by Crippen LogP contribution is -2.55. The number of anilines is 1. The van der Waals surface area contributed by atoms with E-state index in [2.05, 4.69) is 5.32 Å². The molecule has 0 aromatic heterocycles. The van der Waals surface area contributed by atoms with Crippen molar-refractivity contribution in [3.63, 3.8) is 0 Å². The van der Waals surface area contributed by atoms with Crippen LogP contribution >= 0.6 is 23.2 Å². The maximum absolute atomic E-state index is 14.1. The smallest absolute Gasteiger partial charge is 0.350 e. The molecular formula is C31H34Cl2F3N3O4S. The zero-order chi connectivity index (χ0) is 33.0. The van der Waals surface area contributed by atoms with Gasteiger partial charge in [-0.05, 0) is 76.1 Å². The molecule has 0 spiro atoms. The number of amides is 2.